The summed E-state index contributed by atoms with van der Waals surface area (Å²) in [5.41, 5.74) is 4.94. The number of hydrazine groups is 1. The van der Waals surface area contributed by atoms with Crippen molar-refractivity contribution < 1.29 is 0 Å². The van der Waals surface area contributed by atoms with Crippen molar-refractivity contribution in [1.29, 1.82) is 0 Å². The molecule has 0 saturated carbocycles. The SMILES string of the molecule is CCCC(CCC)C(Cc1c(Cl)c(C)nn1C)NN. The van der Waals surface area contributed by atoms with Gasteiger partial charge in [0.1, 0.15) is 0 Å². The Morgan fingerprint density at radius 3 is 2.26 bits per heavy atom. The van der Waals surface area contributed by atoms with Crippen LogP contribution in [-0.2, 0) is 13.5 Å². The highest BCUT2D eigenvalue weighted by Gasteiger charge is 2.23. The molecule has 0 amide bonds. The molecule has 0 bridgehead atoms. The van der Waals surface area contributed by atoms with Crippen LogP contribution in [0, 0.1) is 12.8 Å². The molecule has 110 valence electrons. The largest absolute Gasteiger partial charge is 0.271 e. The van der Waals surface area contributed by atoms with Crippen LogP contribution >= 0.6 is 11.6 Å². The van der Waals surface area contributed by atoms with Crippen LogP contribution in [0.25, 0.3) is 0 Å². The van der Waals surface area contributed by atoms with Gasteiger partial charge in [0, 0.05) is 19.5 Å². The van der Waals surface area contributed by atoms with E-state index in [1.165, 1.54) is 25.7 Å². The molecule has 1 heterocycles. The lowest BCUT2D eigenvalue weighted by Gasteiger charge is -2.26. The van der Waals surface area contributed by atoms with Crippen molar-refractivity contribution in [2.24, 2.45) is 18.8 Å². The topological polar surface area (TPSA) is 55.9 Å². The molecule has 0 aliphatic carbocycles. The summed E-state index contributed by atoms with van der Waals surface area (Å²) in [5.74, 6) is 6.36. The lowest BCUT2D eigenvalue weighted by atomic mass is 9.88. The minimum atomic E-state index is 0.257. The molecule has 0 aromatic carbocycles. The number of nitrogens with zero attached hydrogens (tertiary/aromatic N) is 2. The number of nitrogens with one attached hydrogen (secondary N) is 1. The fraction of sp³-hybridized carbons (Fsp3) is 0.786. The van der Waals surface area contributed by atoms with E-state index >= 15 is 0 Å². The molecule has 1 rings (SSSR count). The first kappa shape index (κ1) is 16.5. The summed E-state index contributed by atoms with van der Waals surface area (Å²) >= 11 is 6.32. The highest BCUT2D eigenvalue weighted by molar-refractivity contribution is 6.31. The summed E-state index contributed by atoms with van der Waals surface area (Å²) in [6.45, 7) is 6.38. The number of hydrogen-bond donors (Lipinski definition) is 2. The quantitative estimate of drug-likeness (QED) is 0.571. The summed E-state index contributed by atoms with van der Waals surface area (Å²) in [4.78, 5) is 0. The standard InChI is InChI=1S/C14H27ClN4/c1-5-7-11(8-6-2)12(17-16)9-13-14(15)10(3)18-19(13)4/h11-12,17H,5-9,16H2,1-4H3. The Hall–Kier alpha value is -0.580. The maximum Gasteiger partial charge on any atom is 0.0847 e. The van der Waals surface area contributed by atoms with Crippen molar-refractivity contribution in [3.63, 3.8) is 0 Å². The Morgan fingerprint density at radius 2 is 1.89 bits per heavy atom. The molecular weight excluding hydrogens is 260 g/mol. The van der Waals surface area contributed by atoms with Crippen molar-refractivity contribution in [3.8, 4) is 0 Å². The average Bonchev–Trinajstić information content (AvgIpc) is 2.61. The number of aromatic nitrogens is 2. The molecule has 0 radical (unpaired) electrons. The number of aryl methyl sites for hydroxylation is 2. The normalized spacial score (nSPS) is 13.2. The van der Waals surface area contributed by atoms with Gasteiger partial charge < -0.3 is 0 Å². The highest BCUT2D eigenvalue weighted by Crippen LogP contribution is 2.25. The second-order valence-corrected chi connectivity index (χ2v) is 5.66. The molecule has 0 aliphatic heterocycles. The molecule has 1 aromatic rings. The predicted octanol–water partition coefficient (Wildman–Crippen LogP) is 2.97. The van der Waals surface area contributed by atoms with E-state index in [4.69, 9.17) is 17.4 Å². The van der Waals surface area contributed by atoms with Crippen LogP contribution in [-0.4, -0.2) is 15.8 Å². The van der Waals surface area contributed by atoms with E-state index in [1.54, 1.807) is 0 Å². The van der Waals surface area contributed by atoms with E-state index in [0.29, 0.717) is 5.92 Å². The Kier molecular flexibility index (Phi) is 6.83. The fourth-order valence-electron chi connectivity index (χ4n) is 2.76. The van der Waals surface area contributed by atoms with E-state index in [9.17, 15) is 0 Å². The van der Waals surface area contributed by atoms with Gasteiger partial charge in [0.2, 0.25) is 0 Å². The molecule has 0 aliphatic rings. The van der Waals surface area contributed by atoms with Crippen LogP contribution < -0.4 is 11.3 Å². The zero-order valence-corrected chi connectivity index (χ0v) is 13.3. The zero-order chi connectivity index (χ0) is 14.4. The summed E-state index contributed by atoms with van der Waals surface area (Å²) < 4.78 is 1.87. The second kappa shape index (κ2) is 7.88. The van der Waals surface area contributed by atoms with Crippen LogP contribution in [0.2, 0.25) is 5.02 Å². The van der Waals surface area contributed by atoms with Crippen molar-refractivity contribution in [1.82, 2.24) is 15.2 Å². The molecule has 4 nitrogen and oxygen atoms in total. The van der Waals surface area contributed by atoms with Crippen molar-refractivity contribution in [2.45, 2.75) is 58.9 Å². The zero-order valence-electron chi connectivity index (χ0n) is 12.5. The number of rotatable bonds is 8. The average molecular weight is 287 g/mol. The van der Waals surface area contributed by atoms with Gasteiger partial charge in [0.25, 0.3) is 0 Å². The summed E-state index contributed by atoms with van der Waals surface area (Å²) in [6, 6.07) is 0.257. The van der Waals surface area contributed by atoms with Gasteiger partial charge >= 0.3 is 0 Å². The maximum atomic E-state index is 6.32. The van der Waals surface area contributed by atoms with Gasteiger partial charge in [0.05, 0.1) is 16.4 Å². The molecule has 0 spiro atoms. The lowest BCUT2D eigenvalue weighted by molar-refractivity contribution is 0.307. The molecule has 1 atom stereocenters. The van der Waals surface area contributed by atoms with Gasteiger partial charge in [-0.25, -0.2) is 0 Å². The summed E-state index contributed by atoms with van der Waals surface area (Å²) in [7, 11) is 1.94. The Balaban J connectivity index is 2.84. The molecule has 0 fully saturated rings. The van der Waals surface area contributed by atoms with E-state index < -0.39 is 0 Å². The number of hydrogen-bond acceptors (Lipinski definition) is 3. The van der Waals surface area contributed by atoms with Gasteiger partial charge in [-0.15, -0.1) is 0 Å². The predicted molar refractivity (Wildman–Crippen MR) is 81.1 cm³/mol. The Labute approximate surface area is 121 Å². The Bertz CT molecular complexity index is 383. The van der Waals surface area contributed by atoms with Gasteiger partial charge in [-0.2, -0.15) is 5.10 Å². The first-order chi connectivity index (χ1) is 9.04. The minimum absolute atomic E-state index is 0.257. The van der Waals surface area contributed by atoms with E-state index in [-0.39, 0.29) is 6.04 Å². The first-order valence-electron chi connectivity index (χ1n) is 7.19. The van der Waals surface area contributed by atoms with Crippen LogP contribution in [0.3, 0.4) is 0 Å². The Morgan fingerprint density at radius 1 is 1.32 bits per heavy atom. The molecule has 19 heavy (non-hydrogen) atoms. The third-order valence-electron chi connectivity index (χ3n) is 3.78. The van der Waals surface area contributed by atoms with E-state index in [0.717, 1.165) is 22.8 Å². The summed E-state index contributed by atoms with van der Waals surface area (Å²) in [6.07, 6.45) is 5.58. The van der Waals surface area contributed by atoms with Crippen LogP contribution in [0.15, 0.2) is 0 Å². The smallest absolute Gasteiger partial charge is 0.0847 e. The maximum absolute atomic E-state index is 6.32. The molecule has 1 aromatic heterocycles. The lowest BCUT2D eigenvalue weighted by Crippen LogP contribution is -2.43. The van der Waals surface area contributed by atoms with Crippen molar-refractivity contribution in [2.75, 3.05) is 0 Å². The van der Waals surface area contributed by atoms with Gasteiger partial charge in [-0.3, -0.25) is 16.0 Å². The van der Waals surface area contributed by atoms with E-state index in [1.807, 2.05) is 18.7 Å². The number of nitrogens with two attached hydrogens (primary N) is 1. The third-order valence-corrected chi connectivity index (χ3v) is 4.27. The minimum Gasteiger partial charge on any atom is -0.271 e. The second-order valence-electron chi connectivity index (χ2n) is 5.28. The molecule has 0 saturated heterocycles. The molecule has 1 unspecified atom stereocenters. The first-order valence-corrected chi connectivity index (χ1v) is 7.56. The van der Waals surface area contributed by atoms with Crippen LogP contribution in [0.1, 0.15) is 50.9 Å². The fourth-order valence-corrected chi connectivity index (χ4v) is 3.00. The van der Waals surface area contributed by atoms with Crippen molar-refractivity contribution >= 4 is 11.6 Å². The molecule has 5 heteroatoms. The molecule has 3 N–H and O–H groups in total. The van der Waals surface area contributed by atoms with Crippen LogP contribution in [0.5, 0.6) is 0 Å². The van der Waals surface area contributed by atoms with Gasteiger partial charge in [-0.1, -0.05) is 38.3 Å². The monoisotopic (exact) mass is 286 g/mol. The van der Waals surface area contributed by atoms with Crippen molar-refractivity contribution in [3.05, 3.63) is 16.4 Å². The van der Waals surface area contributed by atoms with Gasteiger partial charge in [0.15, 0.2) is 0 Å². The molecular formula is C14H27ClN4. The number of halogens is 1. The van der Waals surface area contributed by atoms with Gasteiger partial charge in [-0.05, 0) is 25.7 Å². The highest BCUT2D eigenvalue weighted by atomic mass is 35.5. The summed E-state index contributed by atoms with van der Waals surface area (Å²) in [5, 5.41) is 5.14. The van der Waals surface area contributed by atoms with E-state index in [2.05, 4.69) is 24.4 Å². The van der Waals surface area contributed by atoms with Crippen LogP contribution in [0.4, 0.5) is 0 Å². The third kappa shape index (κ3) is 4.20.